The Morgan fingerprint density at radius 3 is 2.82 bits per heavy atom. The van der Waals surface area contributed by atoms with Gasteiger partial charge in [-0.05, 0) is 45.4 Å². The zero-order chi connectivity index (χ0) is 20.1. The molecular formula is C21H25N3O4. The lowest BCUT2D eigenvalue weighted by atomic mass is 9.96. The minimum atomic E-state index is -0.517. The molecule has 1 atom stereocenters. The molecule has 0 saturated carbocycles. The largest absolute Gasteiger partial charge is 0.459 e. The minimum Gasteiger partial charge on any atom is -0.459 e. The first-order valence-electron chi connectivity index (χ1n) is 9.58. The second-order valence-electron chi connectivity index (χ2n) is 8.41. The molecule has 0 fully saturated rings. The van der Waals surface area contributed by atoms with Crippen LogP contribution in [0.1, 0.15) is 49.4 Å². The van der Waals surface area contributed by atoms with Crippen molar-refractivity contribution in [2.75, 3.05) is 6.54 Å². The first-order valence-corrected chi connectivity index (χ1v) is 9.58. The molecule has 7 nitrogen and oxygen atoms in total. The number of esters is 1. The van der Waals surface area contributed by atoms with Gasteiger partial charge in [0.05, 0.1) is 24.0 Å². The third-order valence-electron chi connectivity index (χ3n) is 4.95. The highest BCUT2D eigenvalue weighted by molar-refractivity contribution is 5.93. The fourth-order valence-corrected chi connectivity index (χ4v) is 3.69. The zero-order valence-electron chi connectivity index (χ0n) is 16.7. The van der Waals surface area contributed by atoms with Crippen molar-refractivity contribution in [1.82, 2.24) is 14.5 Å². The summed E-state index contributed by atoms with van der Waals surface area (Å²) in [6, 6.07) is 5.81. The molecule has 3 heterocycles. The second-order valence-corrected chi connectivity index (χ2v) is 8.41. The third-order valence-corrected chi connectivity index (χ3v) is 4.95. The molecule has 0 spiro atoms. The van der Waals surface area contributed by atoms with E-state index in [1.165, 1.54) is 0 Å². The van der Waals surface area contributed by atoms with Crippen molar-refractivity contribution in [1.29, 1.82) is 0 Å². The lowest BCUT2D eigenvalue weighted by Gasteiger charge is -2.31. The summed E-state index contributed by atoms with van der Waals surface area (Å²) in [6.07, 6.45) is 2.12. The van der Waals surface area contributed by atoms with Gasteiger partial charge in [0.1, 0.15) is 17.5 Å². The maximum atomic E-state index is 12.3. The average molecular weight is 383 g/mol. The molecule has 0 saturated heterocycles. The summed E-state index contributed by atoms with van der Waals surface area (Å²) >= 11 is 0. The molecule has 0 radical (unpaired) electrons. The number of ether oxygens (including phenoxy) is 2. The summed E-state index contributed by atoms with van der Waals surface area (Å²) in [4.78, 5) is 30.6. The van der Waals surface area contributed by atoms with Crippen LogP contribution in [0.2, 0.25) is 0 Å². The predicted octanol–water partition coefficient (Wildman–Crippen LogP) is 3.40. The Morgan fingerprint density at radius 2 is 2.07 bits per heavy atom. The summed E-state index contributed by atoms with van der Waals surface area (Å²) in [5, 5.41) is 0. The van der Waals surface area contributed by atoms with Gasteiger partial charge in [-0.2, -0.15) is 0 Å². The lowest BCUT2D eigenvalue weighted by Crippen LogP contribution is -2.41. The normalized spacial score (nSPS) is 18.9. The van der Waals surface area contributed by atoms with E-state index in [0.717, 1.165) is 22.6 Å². The Balaban J connectivity index is 1.58. The number of benzene rings is 1. The maximum absolute atomic E-state index is 12.3. The first kappa shape index (κ1) is 18.5. The van der Waals surface area contributed by atoms with Crippen molar-refractivity contribution in [3.63, 3.8) is 0 Å². The Labute approximate surface area is 164 Å². The fraction of sp³-hybridized carbons (Fsp3) is 0.476. The van der Waals surface area contributed by atoms with Gasteiger partial charge in [-0.15, -0.1) is 0 Å². The van der Waals surface area contributed by atoms with Crippen molar-refractivity contribution in [3.05, 3.63) is 41.3 Å². The number of carbonyl (C=O) groups excluding carboxylic acids is 2. The Bertz CT molecular complexity index is 942. The maximum Gasteiger partial charge on any atom is 0.410 e. The molecule has 2 aliphatic heterocycles. The van der Waals surface area contributed by atoms with Gasteiger partial charge in [0.25, 0.3) is 0 Å². The van der Waals surface area contributed by atoms with E-state index in [-0.39, 0.29) is 18.2 Å². The molecule has 28 heavy (non-hydrogen) atoms. The molecule has 1 aromatic heterocycles. The molecule has 4 rings (SSSR count). The molecule has 2 aliphatic rings. The van der Waals surface area contributed by atoms with E-state index in [1.54, 1.807) is 4.90 Å². The molecule has 148 valence electrons. The monoisotopic (exact) mass is 383 g/mol. The van der Waals surface area contributed by atoms with Crippen molar-refractivity contribution >= 4 is 12.1 Å². The number of amides is 1. The molecule has 0 N–H and O–H groups in total. The van der Waals surface area contributed by atoms with Crippen molar-refractivity contribution in [2.24, 2.45) is 0 Å². The van der Waals surface area contributed by atoms with Crippen molar-refractivity contribution in [3.8, 4) is 11.3 Å². The van der Waals surface area contributed by atoms with E-state index in [0.29, 0.717) is 31.6 Å². The fourth-order valence-electron chi connectivity index (χ4n) is 3.69. The van der Waals surface area contributed by atoms with Gasteiger partial charge in [-0.3, -0.25) is 4.90 Å². The highest BCUT2D eigenvalue weighted by Crippen LogP contribution is 2.29. The first-order chi connectivity index (χ1) is 13.2. The smallest absolute Gasteiger partial charge is 0.410 e. The van der Waals surface area contributed by atoms with E-state index >= 15 is 0 Å². The Morgan fingerprint density at radius 1 is 1.29 bits per heavy atom. The van der Waals surface area contributed by atoms with Crippen molar-refractivity contribution < 1.29 is 19.1 Å². The minimum absolute atomic E-state index is 0.114. The number of aromatic nitrogens is 2. The number of imidazole rings is 1. The quantitative estimate of drug-likeness (QED) is 0.706. The summed E-state index contributed by atoms with van der Waals surface area (Å²) in [6.45, 7) is 9.13. The van der Waals surface area contributed by atoms with Crippen LogP contribution >= 0.6 is 0 Å². The number of rotatable bonds is 1. The molecule has 1 amide bonds. The van der Waals surface area contributed by atoms with Gasteiger partial charge in [0.15, 0.2) is 0 Å². The topological polar surface area (TPSA) is 73.7 Å². The lowest BCUT2D eigenvalue weighted by molar-refractivity contribution is 0.0195. The van der Waals surface area contributed by atoms with Crippen LogP contribution in [0.5, 0.6) is 0 Å². The number of cyclic esters (lactones) is 1. The van der Waals surface area contributed by atoms with E-state index in [1.807, 2.05) is 46.0 Å². The van der Waals surface area contributed by atoms with E-state index in [9.17, 15) is 9.59 Å². The van der Waals surface area contributed by atoms with Gasteiger partial charge in [-0.25, -0.2) is 14.6 Å². The highest BCUT2D eigenvalue weighted by atomic mass is 16.6. The van der Waals surface area contributed by atoms with Gasteiger partial charge < -0.3 is 14.0 Å². The molecule has 0 bridgehead atoms. The molecule has 0 aliphatic carbocycles. The van der Waals surface area contributed by atoms with Crippen LogP contribution in [0, 0.1) is 0 Å². The van der Waals surface area contributed by atoms with Gasteiger partial charge >= 0.3 is 12.1 Å². The predicted molar refractivity (Wildman–Crippen MR) is 103 cm³/mol. The summed E-state index contributed by atoms with van der Waals surface area (Å²) in [7, 11) is 0. The number of nitrogens with zero attached hydrogens (tertiary/aromatic N) is 3. The summed E-state index contributed by atoms with van der Waals surface area (Å²) in [5.74, 6) is 0.571. The van der Waals surface area contributed by atoms with Crippen LogP contribution in [0.15, 0.2) is 24.4 Å². The Kier molecular flexibility index (Phi) is 4.40. The molecule has 1 aromatic carbocycles. The van der Waals surface area contributed by atoms with Crippen molar-refractivity contribution in [2.45, 2.75) is 58.9 Å². The SMILES string of the molecule is C[C@H]1Cc2cc(-c3cnc4n3CCN(C(=O)OC(C)(C)C)C4)ccc2C(=O)O1. The van der Waals surface area contributed by atoms with E-state index < -0.39 is 5.60 Å². The highest BCUT2D eigenvalue weighted by Gasteiger charge is 2.28. The van der Waals surface area contributed by atoms with Crippen LogP contribution in [-0.4, -0.2) is 44.8 Å². The van der Waals surface area contributed by atoms with Gasteiger partial charge in [-0.1, -0.05) is 6.07 Å². The molecular weight excluding hydrogens is 358 g/mol. The molecule has 7 heteroatoms. The van der Waals surface area contributed by atoms with Crippen LogP contribution in [0.25, 0.3) is 11.3 Å². The van der Waals surface area contributed by atoms with Gasteiger partial charge in [0.2, 0.25) is 0 Å². The van der Waals surface area contributed by atoms with Crippen LogP contribution in [0.4, 0.5) is 4.79 Å². The number of hydrogen-bond acceptors (Lipinski definition) is 5. The Hall–Kier alpha value is -2.83. The zero-order valence-corrected chi connectivity index (χ0v) is 16.7. The van der Waals surface area contributed by atoms with Crippen LogP contribution in [-0.2, 0) is 29.0 Å². The second kappa shape index (κ2) is 6.65. The standard InChI is InChI=1S/C21H25N3O4/c1-13-9-15-10-14(5-6-16(15)19(25)27-13)17-11-22-18-12-23(7-8-24(17)18)20(26)28-21(2,3)4/h5-6,10-11,13H,7-9,12H2,1-4H3/t13-/m0/s1. The molecule has 0 unspecified atom stereocenters. The molecule has 2 aromatic rings. The summed E-state index contributed by atoms with van der Waals surface area (Å²) < 4.78 is 12.9. The number of carbonyl (C=O) groups is 2. The van der Waals surface area contributed by atoms with E-state index in [2.05, 4.69) is 15.6 Å². The van der Waals surface area contributed by atoms with Gasteiger partial charge in [0, 0.05) is 25.1 Å². The number of fused-ring (bicyclic) bond motifs is 2. The van der Waals surface area contributed by atoms with E-state index in [4.69, 9.17) is 9.47 Å². The third kappa shape index (κ3) is 3.48. The average Bonchev–Trinajstić information content (AvgIpc) is 3.02. The number of hydrogen-bond donors (Lipinski definition) is 0. The van der Waals surface area contributed by atoms with Crippen LogP contribution < -0.4 is 0 Å². The summed E-state index contributed by atoms with van der Waals surface area (Å²) in [5.41, 5.74) is 3.13. The van der Waals surface area contributed by atoms with Crippen LogP contribution in [0.3, 0.4) is 0 Å².